The highest BCUT2D eigenvalue weighted by Crippen LogP contribution is 2.43. The predicted octanol–water partition coefficient (Wildman–Crippen LogP) is 2.01. The second-order valence-corrected chi connectivity index (χ2v) is 3.78. The van der Waals surface area contributed by atoms with Crippen molar-refractivity contribution in [3.63, 3.8) is 0 Å². The number of aryl methyl sites for hydroxylation is 1. The highest BCUT2D eigenvalue weighted by Gasteiger charge is 2.40. The molecule has 0 aliphatic heterocycles. The summed E-state index contributed by atoms with van der Waals surface area (Å²) in [6.45, 7) is 6.50. The molecule has 1 aromatic heterocycles. The topological polar surface area (TPSA) is 17.8 Å². The minimum absolute atomic E-state index is 0.408. The van der Waals surface area contributed by atoms with E-state index >= 15 is 0 Å². The molecule has 2 rings (SSSR count). The molecule has 60 valence electrons. The average molecular weight is 150 g/mol. The van der Waals surface area contributed by atoms with E-state index in [0.29, 0.717) is 5.54 Å². The van der Waals surface area contributed by atoms with Gasteiger partial charge in [0.25, 0.3) is 0 Å². The molecule has 1 heterocycles. The molecule has 0 bridgehead atoms. The van der Waals surface area contributed by atoms with Crippen molar-refractivity contribution in [2.75, 3.05) is 0 Å². The van der Waals surface area contributed by atoms with Gasteiger partial charge in [0.05, 0.1) is 12.0 Å². The van der Waals surface area contributed by atoms with Gasteiger partial charge in [-0.2, -0.15) is 0 Å². The van der Waals surface area contributed by atoms with E-state index in [4.69, 9.17) is 0 Å². The fourth-order valence-electron chi connectivity index (χ4n) is 1.46. The van der Waals surface area contributed by atoms with Crippen LogP contribution in [0.25, 0.3) is 0 Å². The molecule has 0 aromatic carbocycles. The van der Waals surface area contributed by atoms with Gasteiger partial charge in [-0.15, -0.1) is 0 Å². The fourth-order valence-corrected chi connectivity index (χ4v) is 1.46. The third-order valence-corrected chi connectivity index (χ3v) is 2.81. The van der Waals surface area contributed by atoms with Crippen LogP contribution in [0.2, 0.25) is 0 Å². The van der Waals surface area contributed by atoms with Crippen LogP contribution >= 0.6 is 0 Å². The van der Waals surface area contributed by atoms with Crippen LogP contribution in [0.3, 0.4) is 0 Å². The van der Waals surface area contributed by atoms with E-state index < -0.39 is 0 Å². The molecule has 1 aliphatic carbocycles. The fraction of sp³-hybridized carbons (Fsp3) is 0.667. The zero-order chi connectivity index (χ0) is 8.06. The first-order valence-corrected chi connectivity index (χ1v) is 4.14. The first-order valence-electron chi connectivity index (χ1n) is 4.14. The maximum atomic E-state index is 4.29. The van der Waals surface area contributed by atoms with E-state index in [9.17, 15) is 0 Å². The number of imidazole rings is 1. The summed E-state index contributed by atoms with van der Waals surface area (Å²) in [5.41, 5.74) is 2.90. The third kappa shape index (κ3) is 0.889. The first kappa shape index (κ1) is 6.89. The van der Waals surface area contributed by atoms with Crippen molar-refractivity contribution in [2.45, 2.75) is 39.2 Å². The van der Waals surface area contributed by atoms with Crippen molar-refractivity contribution in [1.29, 1.82) is 0 Å². The number of rotatable bonds is 1. The Kier molecular flexibility index (Phi) is 1.17. The van der Waals surface area contributed by atoms with Gasteiger partial charge in [0, 0.05) is 11.2 Å². The van der Waals surface area contributed by atoms with Crippen LogP contribution < -0.4 is 0 Å². The zero-order valence-electron chi connectivity index (χ0n) is 7.39. The van der Waals surface area contributed by atoms with Gasteiger partial charge in [-0.25, -0.2) is 4.98 Å². The van der Waals surface area contributed by atoms with Crippen LogP contribution in [0.15, 0.2) is 6.33 Å². The van der Waals surface area contributed by atoms with Crippen LogP contribution in [0.4, 0.5) is 0 Å². The Morgan fingerprint density at radius 3 is 2.45 bits per heavy atom. The van der Waals surface area contributed by atoms with Crippen LogP contribution in [0, 0.1) is 13.8 Å². The molecule has 0 atom stereocenters. The summed E-state index contributed by atoms with van der Waals surface area (Å²) in [6.07, 6.45) is 4.59. The summed E-state index contributed by atoms with van der Waals surface area (Å²) in [7, 11) is 0. The molecule has 2 nitrogen and oxygen atoms in total. The Labute approximate surface area is 67.3 Å². The normalized spacial score (nSPS) is 20.3. The Bertz CT molecular complexity index is 282. The van der Waals surface area contributed by atoms with Gasteiger partial charge in [-0.3, -0.25) is 0 Å². The Morgan fingerprint density at radius 2 is 2.09 bits per heavy atom. The van der Waals surface area contributed by atoms with E-state index in [2.05, 4.69) is 30.3 Å². The zero-order valence-corrected chi connectivity index (χ0v) is 7.39. The van der Waals surface area contributed by atoms with Gasteiger partial charge in [-0.05, 0) is 33.6 Å². The highest BCUT2D eigenvalue weighted by atomic mass is 15.1. The summed E-state index contributed by atoms with van der Waals surface area (Å²) in [5, 5.41) is 0. The molecule has 1 aromatic rings. The lowest BCUT2D eigenvalue weighted by molar-refractivity contribution is 0.519. The van der Waals surface area contributed by atoms with E-state index in [1.807, 2.05) is 6.33 Å². The van der Waals surface area contributed by atoms with Crippen LogP contribution in [-0.4, -0.2) is 9.55 Å². The maximum absolute atomic E-state index is 4.29. The van der Waals surface area contributed by atoms with E-state index in [1.165, 1.54) is 18.5 Å². The van der Waals surface area contributed by atoms with E-state index in [1.54, 1.807) is 0 Å². The van der Waals surface area contributed by atoms with Crippen LogP contribution in [0.5, 0.6) is 0 Å². The van der Waals surface area contributed by atoms with Crippen LogP contribution in [0.1, 0.15) is 31.2 Å². The Morgan fingerprint density at radius 1 is 1.45 bits per heavy atom. The third-order valence-electron chi connectivity index (χ3n) is 2.81. The van der Waals surface area contributed by atoms with Crippen molar-refractivity contribution >= 4 is 0 Å². The van der Waals surface area contributed by atoms with E-state index in [-0.39, 0.29) is 0 Å². The summed E-state index contributed by atoms with van der Waals surface area (Å²) in [6, 6.07) is 0. The molecule has 11 heavy (non-hydrogen) atoms. The molecule has 1 fully saturated rings. The van der Waals surface area contributed by atoms with Crippen molar-refractivity contribution in [2.24, 2.45) is 0 Å². The number of nitrogens with zero attached hydrogens (tertiary/aromatic N) is 2. The molecule has 0 spiro atoms. The minimum atomic E-state index is 0.408. The number of aromatic nitrogens is 2. The molecule has 0 amide bonds. The Hall–Kier alpha value is -0.790. The lowest BCUT2D eigenvalue weighted by atomic mass is 10.3. The molecule has 0 N–H and O–H groups in total. The molecule has 1 aliphatic rings. The largest absolute Gasteiger partial charge is 0.329 e. The minimum Gasteiger partial charge on any atom is -0.329 e. The molecular weight excluding hydrogens is 136 g/mol. The lowest BCUT2D eigenvalue weighted by Crippen LogP contribution is -2.12. The maximum Gasteiger partial charge on any atom is 0.0956 e. The van der Waals surface area contributed by atoms with Crippen molar-refractivity contribution in [1.82, 2.24) is 9.55 Å². The number of hydrogen-bond donors (Lipinski definition) is 0. The molecule has 0 saturated heterocycles. The molecule has 0 radical (unpaired) electrons. The summed E-state index contributed by atoms with van der Waals surface area (Å²) in [5.74, 6) is 0. The monoisotopic (exact) mass is 150 g/mol. The summed E-state index contributed by atoms with van der Waals surface area (Å²) in [4.78, 5) is 4.29. The second-order valence-electron chi connectivity index (χ2n) is 3.78. The van der Waals surface area contributed by atoms with Gasteiger partial charge < -0.3 is 4.57 Å². The Balaban J connectivity index is 2.45. The summed E-state index contributed by atoms with van der Waals surface area (Å²) < 4.78 is 2.31. The SMILES string of the molecule is Cc1ncn(C2(C)CC2)c1C. The smallest absolute Gasteiger partial charge is 0.0956 e. The van der Waals surface area contributed by atoms with Gasteiger partial charge >= 0.3 is 0 Å². The lowest BCUT2D eigenvalue weighted by Gasteiger charge is -2.12. The highest BCUT2D eigenvalue weighted by molar-refractivity contribution is 5.14. The van der Waals surface area contributed by atoms with Crippen molar-refractivity contribution < 1.29 is 0 Å². The van der Waals surface area contributed by atoms with Gasteiger partial charge in [-0.1, -0.05) is 0 Å². The van der Waals surface area contributed by atoms with Crippen LogP contribution in [-0.2, 0) is 5.54 Å². The molecule has 0 unspecified atom stereocenters. The summed E-state index contributed by atoms with van der Waals surface area (Å²) >= 11 is 0. The first-order chi connectivity index (χ1) is 5.13. The van der Waals surface area contributed by atoms with Gasteiger partial charge in [0.2, 0.25) is 0 Å². The average Bonchev–Trinajstić information content (AvgIpc) is 2.60. The van der Waals surface area contributed by atoms with Crippen molar-refractivity contribution in [3.05, 3.63) is 17.7 Å². The standard InChI is InChI=1S/C9H14N2/c1-7-8(2)11(6-10-7)9(3)4-5-9/h6H,4-5H2,1-3H3. The van der Waals surface area contributed by atoms with E-state index in [0.717, 1.165) is 5.69 Å². The molecule has 1 saturated carbocycles. The molecule has 2 heteroatoms. The predicted molar refractivity (Wildman–Crippen MR) is 44.6 cm³/mol. The molecular formula is C9H14N2. The number of hydrogen-bond acceptors (Lipinski definition) is 1. The van der Waals surface area contributed by atoms with Gasteiger partial charge in [0.15, 0.2) is 0 Å². The van der Waals surface area contributed by atoms with Crippen molar-refractivity contribution in [3.8, 4) is 0 Å². The quantitative estimate of drug-likeness (QED) is 0.598. The van der Waals surface area contributed by atoms with Gasteiger partial charge in [0.1, 0.15) is 0 Å². The second kappa shape index (κ2) is 1.87.